The van der Waals surface area contributed by atoms with Gasteiger partial charge in [0.1, 0.15) is 11.6 Å². The lowest BCUT2D eigenvalue weighted by molar-refractivity contribution is 0.0995. The van der Waals surface area contributed by atoms with Gasteiger partial charge in [-0.1, -0.05) is 0 Å². The maximum atomic E-state index is 13.6. The van der Waals surface area contributed by atoms with E-state index in [0.717, 1.165) is 12.1 Å². The zero-order chi connectivity index (χ0) is 17.8. The fourth-order valence-electron chi connectivity index (χ4n) is 2.09. The Morgan fingerprint density at radius 2 is 1.64 bits per heavy atom. The lowest BCUT2D eigenvalue weighted by Crippen LogP contribution is -2.14. The Morgan fingerprint density at radius 3 is 2.28 bits per heavy atom. The molecule has 0 atom stereocenters. The van der Waals surface area contributed by atoms with Crippen LogP contribution in [0.2, 0.25) is 0 Å². The van der Waals surface area contributed by atoms with E-state index in [1.165, 1.54) is 36.6 Å². The third kappa shape index (κ3) is 3.89. The molecule has 25 heavy (non-hydrogen) atoms. The second kappa shape index (κ2) is 6.96. The predicted octanol–water partition coefficient (Wildman–Crippen LogP) is 4.06. The third-order valence-corrected chi connectivity index (χ3v) is 3.33. The minimum Gasteiger partial charge on any atom is -0.459 e. The summed E-state index contributed by atoms with van der Waals surface area (Å²) in [7, 11) is 0. The minimum absolute atomic E-state index is 0.124. The zero-order valence-electron chi connectivity index (χ0n) is 12.8. The summed E-state index contributed by atoms with van der Waals surface area (Å²) in [6, 6.07) is 12.0. The van der Waals surface area contributed by atoms with Crippen molar-refractivity contribution in [2.75, 3.05) is 10.6 Å². The van der Waals surface area contributed by atoms with Gasteiger partial charge in [0, 0.05) is 17.3 Å². The first kappa shape index (κ1) is 16.4. The van der Waals surface area contributed by atoms with Crippen LogP contribution < -0.4 is 10.6 Å². The molecule has 0 unspecified atom stereocenters. The lowest BCUT2D eigenvalue weighted by atomic mass is 10.2. The van der Waals surface area contributed by atoms with Crippen LogP contribution in [0.15, 0.2) is 65.3 Å². The highest BCUT2D eigenvalue weighted by atomic mass is 19.1. The maximum absolute atomic E-state index is 13.6. The second-order valence-corrected chi connectivity index (χ2v) is 5.09. The highest BCUT2D eigenvalue weighted by Crippen LogP contribution is 2.17. The van der Waals surface area contributed by atoms with Gasteiger partial charge >= 0.3 is 0 Å². The number of benzene rings is 2. The third-order valence-electron chi connectivity index (χ3n) is 3.33. The van der Waals surface area contributed by atoms with Crippen molar-refractivity contribution in [1.82, 2.24) is 0 Å². The molecule has 2 amide bonds. The Balaban J connectivity index is 1.67. The molecule has 0 radical (unpaired) electrons. The van der Waals surface area contributed by atoms with Crippen LogP contribution in [0.1, 0.15) is 20.9 Å². The van der Waals surface area contributed by atoms with Gasteiger partial charge in [-0.05, 0) is 48.5 Å². The number of amides is 2. The van der Waals surface area contributed by atoms with Crippen LogP contribution in [0, 0.1) is 11.6 Å². The van der Waals surface area contributed by atoms with Gasteiger partial charge in [-0.25, -0.2) is 8.78 Å². The van der Waals surface area contributed by atoms with Crippen molar-refractivity contribution in [1.29, 1.82) is 0 Å². The summed E-state index contributed by atoms with van der Waals surface area (Å²) in [5.41, 5.74) is 0.590. The summed E-state index contributed by atoms with van der Waals surface area (Å²) in [5.74, 6) is -2.42. The smallest absolute Gasteiger partial charge is 0.291 e. The van der Waals surface area contributed by atoms with Crippen molar-refractivity contribution in [2.45, 2.75) is 0 Å². The highest BCUT2D eigenvalue weighted by Gasteiger charge is 2.12. The molecule has 3 rings (SSSR count). The first-order valence-electron chi connectivity index (χ1n) is 7.24. The number of furan rings is 1. The molecule has 2 aromatic carbocycles. The standard InChI is InChI=1S/C18H12F2N2O3/c19-12-5-8-15(14(20)10-12)22-17(23)11-3-6-13(7-4-11)21-18(24)16-2-1-9-25-16/h1-10H,(H,21,24)(H,22,23). The molecule has 0 fully saturated rings. The van der Waals surface area contributed by atoms with E-state index in [4.69, 9.17) is 4.42 Å². The largest absolute Gasteiger partial charge is 0.459 e. The van der Waals surface area contributed by atoms with Crippen molar-refractivity contribution in [3.63, 3.8) is 0 Å². The van der Waals surface area contributed by atoms with Gasteiger partial charge in [-0.2, -0.15) is 0 Å². The van der Waals surface area contributed by atoms with Gasteiger partial charge in [0.15, 0.2) is 5.76 Å². The van der Waals surface area contributed by atoms with E-state index in [-0.39, 0.29) is 17.0 Å². The van der Waals surface area contributed by atoms with E-state index in [2.05, 4.69) is 10.6 Å². The molecule has 0 spiro atoms. The average Bonchev–Trinajstić information content (AvgIpc) is 3.13. The number of anilines is 2. The van der Waals surface area contributed by atoms with Gasteiger partial charge in [0.2, 0.25) is 0 Å². The number of halogens is 2. The molecule has 0 aliphatic carbocycles. The van der Waals surface area contributed by atoms with Gasteiger partial charge in [-0.15, -0.1) is 0 Å². The van der Waals surface area contributed by atoms with Gasteiger partial charge in [0.05, 0.1) is 12.0 Å². The van der Waals surface area contributed by atoms with Crippen molar-refractivity contribution in [3.8, 4) is 0 Å². The molecule has 126 valence electrons. The van der Waals surface area contributed by atoms with Crippen LogP contribution in [0.25, 0.3) is 0 Å². The predicted molar refractivity (Wildman–Crippen MR) is 87.4 cm³/mol. The molecule has 3 aromatic rings. The quantitative estimate of drug-likeness (QED) is 0.751. The van der Waals surface area contributed by atoms with Crippen molar-refractivity contribution < 1.29 is 22.8 Å². The second-order valence-electron chi connectivity index (χ2n) is 5.09. The number of nitrogens with one attached hydrogen (secondary N) is 2. The van der Waals surface area contributed by atoms with Crippen LogP contribution >= 0.6 is 0 Å². The SMILES string of the molecule is O=C(Nc1ccc(F)cc1F)c1ccc(NC(=O)c2ccco2)cc1. The summed E-state index contributed by atoms with van der Waals surface area (Å²) >= 11 is 0. The summed E-state index contributed by atoms with van der Waals surface area (Å²) in [5, 5.41) is 4.96. The van der Waals surface area contributed by atoms with Crippen LogP contribution in [0.3, 0.4) is 0 Å². The van der Waals surface area contributed by atoms with Gasteiger partial charge < -0.3 is 15.1 Å². The molecule has 0 aliphatic rings. The van der Waals surface area contributed by atoms with Crippen molar-refractivity contribution in [2.24, 2.45) is 0 Å². The average molecular weight is 342 g/mol. The maximum Gasteiger partial charge on any atom is 0.291 e. The topological polar surface area (TPSA) is 71.3 Å². The van der Waals surface area contributed by atoms with E-state index in [1.54, 1.807) is 6.07 Å². The molecule has 0 saturated carbocycles. The number of carbonyl (C=O) groups excluding carboxylic acids is 2. The van der Waals surface area contributed by atoms with Gasteiger partial charge in [0.25, 0.3) is 11.8 Å². The van der Waals surface area contributed by atoms with Crippen molar-refractivity contribution >= 4 is 23.2 Å². The molecular formula is C18H12F2N2O3. The van der Waals surface area contributed by atoms with E-state index in [1.807, 2.05) is 0 Å². The molecule has 7 heteroatoms. The summed E-state index contributed by atoms with van der Waals surface area (Å²) in [6.07, 6.45) is 1.39. The molecule has 1 heterocycles. The molecule has 5 nitrogen and oxygen atoms in total. The summed E-state index contributed by atoms with van der Waals surface area (Å²) < 4.78 is 31.4. The number of rotatable bonds is 4. The molecule has 1 aromatic heterocycles. The Bertz CT molecular complexity index is 907. The molecule has 0 saturated heterocycles. The minimum atomic E-state index is -0.865. The monoisotopic (exact) mass is 342 g/mol. The fourth-order valence-corrected chi connectivity index (χ4v) is 2.09. The van der Waals surface area contributed by atoms with Crippen LogP contribution in [0.5, 0.6) is 0 Å². The van der Waals surface area contributed by atoms with E-state index >= 15 is 0 Å². The van der Waals surface area contributed by atoms with Crippen molar-refractivity contribution in [3.05, 3.63) is 83.8 Å². The Morgan fingerprint density at radius 1 is 0.880 bits per heavy atom. The van der Waals surface area contributed by atoms with Crippen LogP contribution in [-0.2, 0) is 0 Å². The summed E-state index contributed by atoms with van der Waals surface area (Å²) in [4.78, 5) is 23.9. The van der Waals surface area contributed by atoms with Crippen LogP contribution in [-0.4, -0.2) is 11.8 Å². The van der Waals surface area contributed by atoms with E-state index in [9.17, 15) is 18.4 Å². The summed E-state index contributed by atoms with van der Waals surface area (Å²) in [6.45, 7) is 0. The Kier molecular flexibility index (Phi) is 4.56. The molecular weight excluding hydrogens is 330 g/mol. The first-order chi connectivity index (χ1) is 12.0. The molecule has 2 N–H and O–H groups in total. The lowest BCUT2D eigenvalue weighted by Gasteiger charge is -2.08. The van der Waals surface area contributed by atoms with Gasteiger partial charge in [-0.3, -0.25) is 9.59 Å². The first-order valence-corrected chi connectivity index (χ1v) is 7.24. The van der Waals surface area contributed by atoms with E-state index in [0.29, 0.717) is 11.8 Å². The molecule has 0 aliphatic heterocycles. The van der Waals surface area contributed by atoms with Crippen LogP contribution in [0.4, 0.5) is 20.2 Å². The number of carbonyl (C=O) groups is 2. The number of hydrogen-bond acceptors (Lipinski definition) is 3. The Labute approximate surface area is 141 Å². The zero-order valence-corrected chi connectivity index (χ0v) is 12.8. The Hall–Kier alpha value is -3.48. The molecule has 0 bridgehead atoms. The normalized spacial score (nSPS) is 10.3. The van der Waals surface area contributed by atoms with E-state index < -0.39 is 23.4 Å². The number of hydrogen-bond donors (Lipinski definition) is 2. The fraction of sp³-hybridized carbons (Fsp3) is 0. The highest BCUT2D eigenvalue weighted by molar-refractivity contribution is 6.05.